The minimum absolute atomic E-state index is 0.151. The van der Waals surface area contributed by atoms with Crippen molar-refractivity contribution < 1.29 is 4.79 Å². The number of rotatable bonds is 19. The van der Waals surface area contributed by atoms with E-state index in [9.17, 15) is 4.79 Å². The maximum Gasteiger partial charge on any atom is 0.193 e. The van der Waals surface area contributed by atoms with Crippen molar-refractivity contribution in [3.05, 3.63) is 71.3 Å². The van der Waals surface area contributed by atoms with E-state index < -0.39 is 0 Å². The fourth-order valence-corrected chi connectivity index (χ4v) is 4.57. The normalized spacial score (nSPS) is 11.0. The molecule has 1 heteroatoms. The second-order valence-electron chi connectivity index (χ2n) is 9.41. The summed E-state index contributed by atoms with van der Waals surface area (Å²) in [5.74, 6) is 0.151. The molecule has 0 saturated carbocycles. The Hall–Kier alpha value is -1.89. The molecule has 0 heterocycles. The third-order valence-electron chi connectivity index (χ3n) is 6.60. The van der Waals surface area contributed by atoms with Gasteiger partial charge in [-0.1, -0.05) is 158 Å². The number of hydrogen-bond donors (Lipinski definition) is 0. The van der Waals surface area contributed by atoms with Gasteiger partial charge in [0.2, 0.25) is 0 Å². The first-order valence-electron chi connectivity index (χ1n) is 13.5. The Morgan fingerprint density at radius 3 is 1.50 bits per heavy atom. The summed E-state index contributed by atoms with van der Waals surface area (Å²) < 4.78 is 0. The molecule has 0 atom stereocenters. The van der Waals surface area contributed by atoms with Crippen LogP contribution in [0.15, 0.2) is 54.6 Å². The van der Waals surface area contributed by atoms with Crippen molar-refractivity contribution in [3.8, 4) is 0 Å². The zero-order valence-electron chi connectivity index (χ0n) is 20.6. The van der Waals surface area contributed by atoms with Gasteiger partial charge in [0.05, 0.1) is 0 Å². The summed E-state index contributed by atoms with van der Waals surface area (Å²) in [5, 5.41) is 0. The van der Waals surface area contributed by atoms with Crippen LogP contribution in [0.5, 0.6) is 0 Å². The molecule has 2 aromatic carbocycles. The van der Waals surface area contributed by atoms with E-state index in [0.717, 1.165) is 17.5 Å². The molecule has 32 heavy (non-hydrogen) atoms. The van der Waals surface area contributed by atoms with Gasteiger partial charge in [-0.25, -0.2) is 0 Å². The zero-order chi connectivity index (χ0) is 22.7. The van der Waals surface area contributed by atoms with Crippen LogP contribution in [0.1, 0.15) is 131 Å². The van der Waals surface area contributed by atoms with Crippen molar-refractivity contribution in [3.63, 3.8) is 0 Å². The first kappa shape index (κ1) is 26.4. The Morgan fingerprint density at radius 1 is 0.531 bits per heavy atom. The number of ketones is 1. The van der Waals surface area contributed by atoms with Gasteiger partial charge in [-0.3, -0.25) is 4.79 Å². The van der Waals surface area contributed by atoms with Gasteiger partial charge in [0, 0.05) is 11.1 Å². The molecule has 0 N–H and O–H groups in total. The summed E-state index contributed by atoms with van der Waals surface area (Å²) in [5.41, 5.74) is 2.86. The Labute approximate surface area is 198 Å². The molecule has 0 aliphatic rings. The summed E-state index contributed by atoms with van der Waals surface area (Å²) in [4.78, 5) is 12.8. The van der Waals surface area contributed by atoms with Crippen molar-refractivity contribution in [1.29, 1.82) is 0 Å². The number of benzene rings is 2. The predicted molar refractivity (Wildman–Crippen MR) is 140 cm³/mol. The molecule has 0 spiro atoms. The van der Waals surface area contributed by atoms with Crippen LogP contribution in [0, 0.1) is 0 Å². The van der Waals surface area contributed by atoms with Crippen LogP contribution >= 0.6 is 0 Å². The van der Waals surface area contributed by atoms with Gasteiger partial charge in [-0.05, 0) is 18.4 Å². The van der Waals surface area contributed by atoms with Crippen LogP contribution in [0.3, 0.4) is 0 Å². The number of aryl methyl sites for hydroxylation is 1. The molecule has 0 radical (unpaired) electrons. The summed E-state index contributed by atoms with van der Waals surface area (Å²) in [7, 11) is 0. The minimum atomic E-state index is 0.151. The molecule has 0 aromatic heterocycles. The maximum atomic E-state index is 12.8. The van der Waals surface area contributed by atoms with E-state index in [4.69, 9.17) is 0 Å². The number of carbonyl (C=O) groups excluding carboxylic acids is 1. The summed E-state index contributed by atoms with van der Waals surface area (Å²) in [6.45, 7) is 2.29. The van der Waals surface area contributed by atoms with Gasteiger partial charge >= 0.3 is 0 Å². The van der Waals surface area contributed by atoms with Crippen molar-refractivity contribution in [2.75, 3.05) is 0 Å². The second-order valence-corrected chi connectivity index (χ2v) is 9.41. The largest absolute Gasteiger partial charge is 0.289 e. The van der Waals surface area contributed by atoms with Crippen LogP contribution in [0.4, 0.5) is 0 Å². The molecule has 0 unspecified atom stereocenters. The molecule has 0 saturated heterocycles. The molecule has 2 rings (SSSR count). The fourth-order valence-electron chi connectivity index (χ4n) is 4.57. The Bertz CT molecular complexity index is 718. The van der Waals surface area contributed by atoms with Gasteiger partial charge in [-0.15, -0.1) is 0 Å². The number of carbonyl (C=O) groups is 1. The van der Waals surface area contributed by atoms with Crippen LogP contribution < -0.4 is 0 Å². The molecule has 0 bridgehead atoms. The maximum absolute atomic E-state index is 12.8. The van der Waals surface area contributed by atoms with Crippen LogP contribution in [-0.2, 0) is 6.42 Å². The third kappa shape index (κ3) is 11.1. The van der Waals surface area contributed by atoms with E-state index in [1.165, 1.54) is 108 Å². The Morgan fingerprint density at radius 2 is 0.969 bits per heavy atom. The molecule has 0 aliphatic heterocycles. The molecule has 176 valence electrons. The Balaban J connectivity index is 1.48. The summed E-state index contributed by atoms with van der Waals surface area (Å²) in [6.07, 6.45) is 23.2. The van der Waals surface area contributed by atoms with Crippen molar-refractivity contribution in [2.45, 2.75) is 116 Å². The summed E-state index contributed by atoms with van der Waals surface area (Å²) in [6, 6.07) is 17.8. The van der Waals surface area contributed by atoms with Crippen LogP contribution in [0.2, 0.25) is 0 Å². The van der Waals surface area contributed by atoms with Crippen LogP contribution in [0.25, 0.3) is 0 Å². The molecule has 0 aliphatic carbocycles. The van der Waals surface area contributed by atoms with E-state index >= 15 is 0 Å². The average Bonchev–Trinajstić information content (AvgIpc) is 2.84. The number of hydrogen-bond acceptors (Lipinski definition) is 1. The van der Waals surface area contributed by atoms with E-state index in [1.807, 2.05) is 42.5 Å². The van der Waals surface area contributed by atoms with Crippen molar-refractivity contribution in [1.82, 2.24) is 0 Å². The standard InChI is InChI=1S/C31H46O/c1-2-3-4-5-6-7-8-9-10-11-12-13-14-15-16-18-23-28-24-21-22-27-30(28)31(32)29-25-19-17-20-26-29/h17,19-22,24-27H,2-16,18,23H2,1H3. The van der Waals surface area contributed by atoms with Gasteiger partial charge in [0.1, 0.15) is 0 Å². The zero-order valence-corrected chi connectivity index (χ0v) is 20.6. The highest BCUT2D eigenvalue weighted by molar-refractivity contribution is 6.09. The quantitative estimate of drug-likeness (QED) is 0.159. The highest BCUT2D eigenvalue weighted by atomic mass is 16.1. The first-order valence-corrected chi connectivity index (χ1v) is 13.5. The number of unbranched alkanes of at least 4 members (excludes halogenated alkanes) is 15. The average molecular weight is 435 g/mol. The van der Waals surface area contributed by atoms with Gasteiger partial charge < -0.3 is 0 Å². The predicted octanol–water partition coefficient (Wildman–Crippen LogP) is 9.72. The second kappa shape index (κ2) is 17.6. The van der Waals surface area contributed by atoms with Crippen molar-refractivity contribution >= 4 is 5.78 Å². The molecule has 1 nitrogen and oxygen atoms in total. The lowest BCUT2D eigenvalue weighted by molar-refractivity contribution is 0.103. The summed E-state index contributed by atoms with van der Waals surface area (Å²) >= 11 is 0. The van der Waals surface area contributed by atoms with E-state index in [0.29, 0.717) is 0 Å². The minimum Gasteiger partial charge on any atom is -0.289 e. The van der Waals surface area contributed by atoms with E-state index in [1.54, 1.807) is 0 Å². The van der Waals surface area contributed by atoms with Gasteiger partial charge in [0.15, 0.2) is 5.78 Å². The van der Waals surface area contributed by atoms with E-state index in [2.05, 4.69) is 19.1 Å². The first-order chi connectivity index (χ1) is 15.8. The van der Waals surface area contributed by atoms with Crippen molar-refractivity contribution in [2.24, 2.45) is 0 Å². The highest BCUT2D eigenvalue weighted by Gasteiger charge is 2.12. The molecular formula is C31H46O. The smallest absolute Gasteiger partial charge is 0.193 e. The molecular weight excluding hydrogens is 388 g/mol. The van der Waals surface area contributed by atoms with Gasteiger partial charge in [0.25, 0.3) is 0 Å². The SMILES string of the molecule is CCCCCCCCCCCCCCCCCCc1ccccc1C(=O)c1ccccc1. The molecule has 0 amide bonds. The molecule has 0 fully saturated rings. The molecule has 2 aromatic rings. The van der Waals surface area contributed by atoms with E-state index in [-0.39, 0.29) is 5.78 Å². The third-order valence-corrected chi connectivity index (χ3v) is 6.60. The monoisotopic (exact) mass is 434 g/mol. The van der Waals surface area contributed by atoms with Gasteiger partial charge in [-0.2, -0.15) is 0 Å². The topological polar surface area (TPSA) is 17.1 Å². The van der Waals surface area contributed by atoms with Crippen LogP contribution in [-0.4, -0.2) is 5.78 Å². The lowest BCUT2D eigenvalue weighted by Crippen LogP contribution is -2.05. The fraction of sp³-hybridized carbons (Fsp3) is 0.581. The highest BCUT2D eigenvalue weighted by Crippen LogP contribution is 2.18. The lowest BCUT2D eigenvalue weighted by Gasteiger charge is -2.09. The lowest BCUT2D eigenvalue weighted by atomic mass is 9.95. The Kier molecular flexibility index (Phi) is 14.5.